The Morgan fingerprint density at radius 2 is 1.95 bits per heavy atom. The fourth-order valence-electron chi connectivity index (χ4n) is 2.42. The zero-order valence-electron chi connectivity index (χ0n) is 12.5. The van der Waals surface area contributed by atoms with Crippen LogP contribution < -0.4 is 5.32 Å². The number of imidazole rings is 1. The van der Waals surface area contributed by atoms with Crippen molar-refractivity contribution in [2.24, 2.45) is 0 Å². The Kier molecular flexibility index (Phi) is 5.81. The molecule has 1 atom stereocenters. The summed E-state index contributed by atoms with van der Waals surface area (Å²) in [5.74, 6) is 0. The maximum Gasteiger partial charge on any atom is 0.0946 e. The molecule has 1 aromatic heterocycles. The number of hydrogen-bond donors (Lipinski definition) is 1. The second kappa shape index (κ2) is 7.85. The Labute approximate surface area is 122 Å². The Bertz CT molecular complexity index is 473. The first-order valence-corrected chi connectivity index (χ1v) is 7.61. The van der Waals surface area contributed by atoms with Gasteiger partial charge in [0.25, 0.3) is 0 Å². The van der Waals surface area contributed by atoms with Crippen LogP contribution in [-0.4, -0.2) is 16.1 Å². The maximum atomic E-state index is 4.12. The van der Waals surface area contributed by atoms with Crippen molar-refractivity contribution < 1.29 is 0 Å². The molecule has 108 valence electrons. The molecule has 0 amide bonds. The van der Waals surface area contributed by atoms with E-state index >= 15 is 0 Å². The third-order valence-electron chi connectivity index (χ3n) is 3.51. The number of rotatable bonds is 8. The van der Waals surface area contributed by atoms with Crippen molar-refractivity contribution in [1.29, 1.82) is 0 Å². The van der Waals surface area contributed by atoms with E-state index < -0.39 is 0 Å². The molecule has 0 saturated carbocycles. The van der Waals surface area contributed by atoms with Crippen LogP contribution in [0.1, 0.15) is 43.9 Å². The van der Waals surface area contributed by atoms with Crippen LogP contribution in [-0.2, 0) is 13.0 Å². The van der Waals surface area contributed by atoms with Crippen LogP contribution >= 0.6 is 0 Å². The minimum atomic E-state index is 0.347. The summed E-state index contributed by atoms with van der Waals surface area (Å²) < 4.78 is 2.13. The van der Waals surface area contributed by atoms with Gasteiger partial charge in [-0.15, -0.1) is 0 Å². The van der Waals surface area contributed by atoms with Gasteiger partial charge >= 0.3 is 0 Å². The lowest BCUT2D eigenvalue weighted by Crippen LogP contribution is -2.26. The molecule has 0 aliphatic rings. The average Bonchev–Trinajstić information content (AvgIpc) is 2.98. The quantitative estimate of drug-likeness (QED) is 0.795. The van der Waals surface area contributed by atoms with E-state index in [2.05, 4.69) is 53.0 Å². The summed E-state index contributed by atoms with van der Waals surface area (Å²) in [5.41, 5.74) is 2.78. The van der Waals surface area contributed by atoms with Gasteiger partial charge in [0.15, 0.2) is 0 Å². The fraction of sp³-hybridized carbons (Fsp3) is 0.471. The number of aryl methyl sites for hydroxylation is 1. The molecular weight excluding hydrogens is 246 g/mol. The molecule has 0 radical (unpaired) electrons. The summed E-state index contributed by atoms with van der Waals surface area (Å²) in [6, 6.07) is 9.38. The van der Waals surface area contributed by atoms with Gasteiger partial charge in [-0.25, -0.2) is 4.98 Å². The number of nitrogens with zero attached hydrogens (tertiary/aromatic N) is 2. The van der Waals surface area contributed by atoms with E-state index in [4.69, 9.17) is 0 Å². The van der Waals surface area contributed by atoms with Crippen LogP contribution in [0.3, 0.4) is 0 Å². The summed E-state index contributed by atoms with van der Waals surface area (Å²) in [7, 11) is 0. The van der Waals surface area contributed by atoms with E-state index in [1.54, 1.807) is 0 Å². The highest BCUT2D eigenvalue weighted by atomic mass is 15.1. The summed E-state index contributed by atoms with van der Waals surface area (Å²) in [6.07, 6.45) is 9.24. The molecule has 0 aliphatic carbocycles. The zero-order valence-corrected chi connectivity index (χ0v) is 12.5. The largest absolute Gasteiger partial charge is 0.336 e. The Morgan fingerprint density at radius 3 is 2.55 bits per heavy atom. The van der Waals surface area contributed by atoms with Crippen molar-refractivity contribution in [1.82, 2.24) is 14.9 Å². The predicted molar refractivity (Wildman–Crippen MR) is 83.7 cm³/mol. The average molecular weight is 271 g/mol. The number of aromatic nitrogens is 2. The second-order valence-corrected chi connectivity index (χ2v) is 5.26. The van der Waals surface area contributed by atoms with E-state index in [0.29, 0.717) is 6.04 Å². The molecule has 0 aliphatic heterocycles. The van der Waals surface area contributed by atoms with Crippen LogP contribution in [0, 0.1) is 0 Å². The molecule has 0 saturated heterocycles. The van der Waals surface area contributed by atoms with Gasteiger partial charge in [0, 0.05) is 18.9 Å². The second-order valence-electron chi connectivity index (χ2n) is 5.26. The third kappa shape index (κ3) is 4.20. The summed E-state index contributed by atoms with van der Waals surface area (Å²) in [6.45, 7) is 6.38. The normalized spacial score (nSPS) is 12.5. The van der Waals surface area contributed by atoms with Gasteiger partial charge in [-0.3, -0.25) is 0 Å². The monoisotopic (exact) mass is 271 g/mol. The molecular formula is C17H25N3. The lowest BCUT2D eigenvalue weighted by molar-refractivity contribution is 0.463. The minimum Gasteiger partial charge on any atom is -0.336 e. The van der Waals surface area contributed by atoms with Gasteiger partial charge in [-0.1, -0.05) is 44.5 Å². The fourth-order valence-corrected chi connectivity index (χ4v) is 2.42. The summed E-state index contributed by atoms with van der Waals surface area (Å²) in [5, 5.41) is 3.63. The first-order valence-electron chi connectivity index (χ1n) is 7.61. The molecule has 1 heterocycles. The predicted octanol–water partition coefficient (Wildman–Crippen LogP) is 3.58. The highest BCUT2D eigenvalue weighted by Gasteiger charge is 2.11. The highest BCUT2D eigenvalue weighted by molar-refractivity contribution is 5.25. The number of nitrogens with one attached hydrogen (secondary N) is 1. The van der Waals surface area contributed by atoms with Crippen LogP contribution in [0.25, 0.3) is 0 Å². The van der Waals surface area contributed by atoms with Crippen LogP contribution in [0.2, 0.25) is 0 Å². The summed E-state index contributed by atoms with van der Waals surface area (Å²) in [4.78, 5) is 4.12. The van der Waals surface area contributed by atoms with Crippen molar-refractivity contribution in [3.05, 3.63) is 54.1 Å². The van der Waals surface area contributed by atoms with Crippen LogP contribution in [0.15, 0.2) is 43.0 Å². The molecule has 2 aromatic rings. The molecule has 3 heteroatoms. The van der Waals surface area contributed by atoms with Gasteiger partial charge in [-0.2, -0.15) is 0 Å². The van der Waals surface area contributed by atoms with Crippen molar-refractivity contribution in [3.8, 4) is 0 Å². The SMILES string of the molecule is CCCNC(Cn1ccnc1)c1ccc(CCC)cc1. The first kappa shape index (κ1) is 14.8. The Morgan fingerprint density at radius 1 is 1.15 bits per heavy atom. The van der Waals surface area contributed by atoms with Crippen molar-refractivity contribution in [2.75, 3.05) is 6.54 Å². The first-order chi connectivity index (χ1) is 9.83. The van der Waals surface area contributed by atoms with E-state index in [1.165, 1.54) is 17.5 Å². The molecule has 20 heavy (non-hydrogen) atoms. The maximum absolute atomic E-state index is 4.12. The van der Waals surface area contributed by atoms with Gasteiger partial charge in [0.1, 0.15) is 0 Å². The molecule has 2 rings (SSSR count). The van der Waals surface area contributed by atoms with Crippen LogP contribution in [0.4, 0.5) is 0 Å². The molecule has 0 spiro atoms. The standard InChI is InChI=1S/C17H25N3/c1-3-5-15-6-8-16(9-7-15)17(19-10-4-2)13-20-12-11-18-14-20/h6-9,11-12,14,17,19H,3-5,10,13H2,1-2H3. The minimum absolute atomic E-state index is 0.347. The molecule has 1 unspecified atom stereocenters. The van der Waals surface area contributed by atoms with E-state index in [9.17, 15) is 0 Å². The van der Waals surface area contributed by atoms with Crippen molar-refractivity contribution >= 4 is 0 Å². The third-order valence-corrected chi connectivity index (χ3v) is 3.51. The van der Waals surface area contributed by atoms with Crippen molar-refractivity contribution in [2.45, 2.75) is 45.7 Å². The molecule has 0 fully saturated rings. The topological polar surface area (TPSA) is 29.9 Å². The van der Waals surface area contributed by atoms with Crippen molar-refractivity contribution in [3.63, 3.8) is 0 Å². The van der Waals surface area contributed by atoms with E-state index in [0.717, 1.165) is 25.9 Å². The number of hydrogen-bond acceptors (Lipinski definition) is 2. The van der Waals surface area contributed by atoms with E-state index in [1.807, 2.05) is 18.7 Å². The summed E-state index contributed by atoms with van der Waals surface area (Å²) >= 11 is 0. The zero-order chi connectivity index (χ0) is 14.2. The lowest BCUT2D eigenvalue weighted by atomic mass is 10.0. The van der Waals surface area contributed by atoms with Gasteiger partial charge in [0.2, 0.25) is 0 Å². The Hall–Kier alpha value is -1.61. The molecule has 1 N–H and O–H groups in total. The molecule has 3 nitrogen and oxygen atoms in total. The van der Waals surface area contributed by atoms with Gasteiger partial charge in [-0.05, 0) is 30.5 Å². The number of benzene rings is 1. The Balaban J connectivity index is 2.08. The van der Waals surface area contributed by atoms with Gasteiger partial charge in [0.05, 0.1) is 12.4 Å². The van der Waals surface area contributed by atoms with Crippen LogP contribution in [0.5, 0.6) is 0 Å². The molecule has 0 bridgehead atoms. The smallest absolute Gasteiger partial charge is 0.0946 e. The highest BCUT2D eigenvalue weighted by Crippen LogP contribution is 2.17. The molecule has 1 aromatic carbocycles. The van der Waals surface area contributed by atoms with E-state index in [-0.39, 0.29) is 0 Å². The lowest BCUT2D eigenvalue weighted by Gasteiger charge is -2.20. The van der Waals surface area contributed by atoms with Gasteiger partial charge < -0.3 is 9.88 Å².